The van der Waals surface area contributed by atoms with E-state index in [2.05, 4.69) is 4.98 Å². The molecule has 19 heavy (non-hydrogen) atoms. The first-order chi connectivity index (χ1) is 9.08. The van der Waals surface area contributed by atoms with E-state index in [1.54, 1.807) is 18.0 Å². The number of carbonyl (C=O) groups excluding carboxylic acids is 1. The summed E-state index contributed by atoms with van der Waals surface area (Å²) in [6, 6.07) is 4.07. The Morgan fingerprint density at radius 1 is 1.37 bits per heavy atom. The van der Waals surface area contributed by atoms with Crippen molar-refractivity contribution in [3.8, 4) is 0 Å². The van der Waals surface area contributed by atoms with Crippen molar-refractivity contribution in [1.82, 2.24) is 14.5 Å². The largest absolute Gasteiger partial charge is 0.344 e. The molecule has 0 N–H and O–H groups in total. The molecule has 1 aliphatic heterocycles. The fourth-order valence-electron chi connectivity index (χ4n) is 2.42. The molecule has 1 fully saturated rings. The van der Waals surface area contributed by atoms with Crippen molar-refractivity contribution < 1.29 is 9.18 Å². The number of rotatable bonds is 1. The number of hydrogen-bond donors (Lipinski definition) is 0. The molecule has 0 radical (unpaired) electrons. The number of para-hydroxylation sites is 1. The van der Waals surface area contributed by atoms with Gasteiger partial charge in [0.05, 0.1) is 17.8 Å². The molecule has 1 amide bonds. The van der Waals surface area contributed by atoms with Crippen molar-refractivity contribution in [2.45, 2.75) is 12.5 Å². The predicted octanol–water partition coefficient (Wildman–Crippen LogP) is 0.939. The molecule has 0 bridgehead atoms. The van der Waals surface area contributed by atoms with Gasteiger partial charge in [-0.2, -0.15) is 0 Å². The Morgan fingerprint density at radius 3 is 2.84 bits per heavy atom. The third-order valence-electron chi connectivity index (χ3n) is 3.48. The third kappa shape index (κ3) is 1.80. The van der Waals surface area contributed by atoms with Crippen LogP contribution in [0.15, 0.2) is 29.3 Å². The molecule has 2 aromatic rings. The summed E-state index contributed by atoms with van der Waals surface area (Å²) in [7, 11) is 1.70. The van der Waals surface area contributed by atoms with Gasteiger partial charge in [-0.05, 0) is 12.1 Å². The summed E-state index contributed by atoms with van der Waals surface area (Å²) in [5.74, 6) is -0.516. The number of likely N-dealkylation sites (N-methyl/N-ethyl adjacent to an activating group) is 1. The number of fused-ring (bicyclic) bond motifs is 1. The molecule has 0 saturated carbocycles. The first kappa shape index (κ1) is 11.8. The summed E-state index contributed by atoms with van der Waals surface area (Å²) in [5, 5.41) is 0.240. The topological polar surface area (TPSA) is 55.2 Å². The molecule has 0 aliphatic carbocycles. The second kappa shape index (κ2) is 4.15. The SMILES string of the molecule is CN1CC(n2cnc3c(F)cccc3c2=O)CC1=O. The zero-order valence-electron chi connectivity index (χ0n) is 10.3. The van der Waals surface area contributed by atoms with Crippen LogP contribution >= 0.6 is 0 Å². The van der Waals surface area contributed by atoms with Crippen LogP contribution in [0.2, 0.25) is 0 Å². The maximum Gasteiger partial charge on any atom is 0.261 e. The van der Waals surface area contributed by atoms with E-state index in [4.69, 9.17) is 0 Å². The Kier molecular flexibility index (Phi) is 2.58. The summed E-state index contributed by atoms with van der Waals surface area (Å²) in [6.07, 6.45) is 1.60. The van der Waals surface area contributed by atoms with Crippen LogP contribution in [-0.4, -0.2) is 34.0 Å². The molecule has 3 rings (SSSR count). The molecule has 1 aromatic carbocycles. The van der Waals surface area contributed by atoms with Crippen molar-refractivity contribution in [3.63, 3.8) is 0 Å². The van der Waals surface area contributed by atoms with Crippen LogP contribution in [0, 0.1) is 5.82 Å². The lowest BCUT2D eigenvalue weighted by Crippen LogP contribution is -2.27. The van der Waals surface area contributed by atoms with Crippen molar-refractivity contribution in [2.75, 3.05) is 13.6 Å². The summed E-state index contributed by atoms with van der Waals surface area (Å²) >= 11 is 0. The molecule has 5 nitrogen and oxygen atoms in total. The summed E-state index contributed by atoms with van der Waals surface area (Å²) in [4.78, 5) is 29.4. The number of carbonyl (C=O) groups is 1. The minimum atomic E-state index is -0.513. The molecule has 1 saturated heterocycles. The van der Waals surface area contributed by atoms with Crippen molar-refractivity contribution in [2.24, 2.45) is 0 Å². The van der Waals surface area contributed by atoms with Gasteiger partial charge in [0.1, 0.15) is 11.3 Å². The number of nitrogens with zero attached hydrogens (tertiary/aromatic N) is 3. The third-order valence-corrected chi connectivity index (χ3v) is 3.48. The van der Waals surface area contributed by atoms with Gasteiger partial charge in [-0.1, -0.05) is 6.07 Å². The molecule has 6 heteroatoms. The molecule has 1 aliphatic rings. The van der Waals surface area contributed by atoms with E-state index in [0.29, 0.717) is 6.54 Å². The van der Waals surface area contributed by atoms with Crippen LogP contribution in [0.25, 0.3) is 10.9 Å². The average molecular weight is 261 g/mol. The lowest BCUT2D eigenvalue weighted by atomic mass is 10.2. The number of amides is 1. The Balaban J connectivity index is 2.14. The van der Waals surface area contributed by atoms with Crippen molar-refractivity contribution in [1.29, 1.82) is 0 Å². The smallest absolute Gasteiger partial charge is 0.261 e. The van der Waals surface area contributed by atoms with E-state index in [1.807, 2.05) is 0 Å². The molecular weight excluding hydrogens is 249 g/mol. The fourth-order valence-corrected chi connectivity index (χ4v) is 2.42. The maximum atomic E-state index is 13.5. The number of aromatic nitrogens is 2. The normalized spacial score (nSPS) is 19.4. The lowest BCUT2D eigenvalue weighted by Gasteiger charge is -2.13. The number of halogens is 1. The van der Waals surface area contributed by atoms with E-state index < -0.39 is 5.82 Å². The Labute approximate surface area is 108 Å². The van der Waals surface area contributed by atoms with Crippen LogP contribution in [0.4, 0.5) is 4.39 Å². The standard InChI is InChI=1S/C13H12FN3O2/c1-16-6-8(5-11(16)18)17-7-15-12-9(13(17)19)3-2-4-10(12)14/h2-4,7-8H,5-6H2,1H3. The van der Waals surface area contributed by atoms with Gasteiger partial charge in [-0.15, -0.1) is 0 Å². The second-order valence-electron chi connectivity index (χ2n) is 4.73. The van der Waals surface area contributed by atoms with E-state index in [9.17, 15) is 14.0 Å². The molecular formula is C13H12FN3O2. The maximum absolute atomic E-state index is 13.5. The molecule has 98 valence electrons. The highest BCUT2D eigenvalue weighted by Gasteiger charge is 2.29. The number of likely N-dealkylation sites (tertiary alicyclic amines) is 1. The van der Waals surface area contributed by atoms with Crippen molar-refractivity contribution >= 4 is 16.8 Å². The second-order valence-corrected chi connectivity index (χ2v) is 4.73. The van der Waals surface area contributed by atoms with Gasteiger partial charge in [0.15, 0.2) is 0 Å². The number of hydrogen-bond acceptors (Lipinski definition) is 3. The predicted molar refractivity (Wildman–Crippen MR) is 67.3 cm³/mol. The molecule has 1 unspecified atom stereocenters. The van der Waals surface area contributed by atoms with E-state index >= 15 is 0 Å². The van der Waals surface area contributed by atoms with Gasteiger partial charge in [0, 0.05) is 20.0 Å². The highest BCUT2D eigenvalue weighted by molar-refractivity contribution is 5.79. The Morgan fingerprint density at radius 2 is 2.16 bits per heavy atom. The Hall–Kier alpha value is -2.24. The molecule has 1 aromatic heterocycles. The average Bonchev–Trinajstić information content (AvgIpc) is 2.71. The quantitative estimate of drug-likeness (QED) is 0.767. The summed E-state index contributed by atoms with van der Waals surface area (Å²) < 4.78 is 14.9. The van der Waals surface area contributed by atoms with Crippen LogP contribution in [-0.2, 0) is 4.79 Å². The zero-order valence-corrected chi connectivity index (χ0v) is 10.3. The minimum Gasteiger partial charge on any atom is -0.344 e. The molecule has 1 atom stereocenters. The van der Waals surface area contributed by atoms with E-state index in [1.165, 1.54) is 23.0 Å². The van der Waals surface area contributed by atoms with Gasteiger partial charge in [0.25, 0.3) is 5.56 Å². The fraction of sp³-hybridized carbons (Fsp3) is 0.308. The lowest BCUT2D eigenvalue weighted by molar-refractivity contribution is -0.126. The van der Waals surface area contributed by atoms with Crippen LogP contribution in [0.5, 0.6) is 0 Å². The zero-order chi connectivity index (χ0) is 13.6. The summed E-state index contributed by atoms with van der Waals surface area (Å²) in [5.41, 5.74) is -0.237. The van der Waals surface area contributed by atoms with Gasteiger partial charge in [-0.25, -0.2) is 9.37 Å². The van der Waals surface area contributed by atoms with Crippen molar-refractivity contribution in [3.05, 3.63) is 40.7 Å². The molecule has 2 heterocycles. The minimum absolute atomic E-state index is 0.00348. The van der Waals surface area contributed by atoms with Crippen LogP contribution < -0.4 is 5.56 Å². The highest BCUT2D eigenvalue weighted by Crippen LogP contribution is 2.20. The monoisotopic (exact) mass is 261 g/mol. The first-order valence-corrected chi connectivity index (χ1v) is 5.97. The van der Waals surface area contributed by atoms with E-state index in [-0.39, 0.29) is 34.8 Å². The number of benzene rings is 1. The first-order valence-electron chi connectivity index (χ1n) is 5.97. The van der Waals surface area contributed by atoms with Crippen LogP contribution in [0.1, 0.15) is 12.5 Å². The summed E-state index contributed by atoms with van der Waals surface area (Å²) in [6.45, 7) is 0.473. The van der Waals surface area contributed by atoms with Gasteiger partial charge < -0.3 is 4.90 Å². The van der Waals surface area contributed by atoms with Gasteiger partial charge in [-0.3, -0.25) is 14.2 Å². The van der Waals surface area contributed by atoms with Gasteiger partial charge >= 0.3 is 0 Å². The van der Waals surface area contributed by atoms with Crippen LogP contribution in [0.3, 0.4) is 0 Å². The highest BCUT2D eigenvalue weighted by atomic mass is 19.1. The Bertz CT molecular complexity index is 725. The van der Waals surface area contributed by atoms with E-state index in [0.717, 1.165) is 0 Å². The van der Waals surface area contributed by atoms with Gasteiger partial charge in [0.2, 0.25) is 5.91 Å². The molecule has 0 spiro atoms.